The zero-order valence-corrected chi connectivity index (χ0v) is 41.6. The summed E-state index contributed by atoms with van der Waals surface area (Å²) in [5.41, 5.74) is 4.06. The van der Waals surface area contributed by atoms with Gasteiger partial charge in [0.2, 0.25) is 11.8 Å². The first-order chi connectivity index (χ1) is 35.4. The van der Waals surface area contributed by atoms with E-state index in [0.29, 0.717) is 96.3 Å². The lowest BCUT2D eigenvalue weighted by atomic mass is 9.91. The number of ether oxygens (including phenoxy) is 1. The number of nitrogens with one attached hydrogen (secondary N) is 3. The molecule has 21 heteroatoms. The van der Waals surface area contributed by atoms with Crippen LogP contribution in [0.15, 0.2) is 85.5 Å². The number of aromatic nitrogens is 2. The topological polar surface area (TPSA) is 206 Å². The van der Waals surface area contributed by atoms with Crippen LogP contribution >= 0.6 is 11.6 Å². The summed E-state index contributed by atoms with van der Waals surface area (Å²) in [6, 6.07) is 21.2. The molecule has 5 aromatic rings. The van der Waals surface area contributed by atoms with Crippen molar-refractivity contribution in [1.29, 1.82) is 10.8 Å². The number of hydrogen-bond donors (Lipinski definition) is 5. The number of phenolic OH excluding ortho intramolecular Hbond substituents is 2. The molecule has 3 saturated heterocycles. The van der Waals surface area contributed by atoms with Crippen molar-refractivity contribution in [2.45, 2.75) is 45.5 Å². The Hall–Kier alpha value is -7.45. The SMILES string of the molecule is C=CC(=O)N1CCN(c2nc(OCC3CN(C(=O)C4CCN(Cc5ccc(N(C(=N)C(=O)NCC(F)(F)F)C(=N)c6cc(C)c(O)cc6O)cc5)CC4)C3)nc3c2CCN(c2cccc4cccc(Cl)c24)C3)CC1. The van der Waals surface area contributed by atoms with Gasteiger partial charge in [0.1, 0.15) is 29.7 Å². The molecule has 1 aromatic heterocycles. The summed E-state index contributed by atoms with van der Waals surface area (Å²) >= 11 is 6.76. The fourth-order valence-corrected chi connectivity index (χ4v) is 10.4. The van der Waals surface area contributed by atoms with Gasteiger partial charge < -0.3 is 39.9 Å². The first kappa shape index (κ1) is 51.5. The number of piperazine rings is 1. The lowest BCUT2D eigenvalue weighted by Crippen LogP contribution is -2.55. The highest BCUT2D eigenvalue weighted by Crippen LogP contribution is 2.38. The second-order valence-electron chi connectivity index (χ2n) is 19.2. The number of nitrogens with zero attached hydrogens (tertiary/aromatic N) is 8. The van der Waals surface area contributed by atoms with Crippen LogP contribution in [0.4, 0.5) is 30.4 Å². The number of phenols is 2. The lowest BCUT2D eigenvalue weighted by Gasteiger charge is -2.42. The number of likely N-dealkylation sites (tertiary alicyclic amines) is 2. The van der Waals surface area contributed by atoms with Crippen molar-refractivity contribution in [1.82, 2.24) is 30.0 Å². The molecule has 4 aromatic carbocycles. The fraction of sp³-hybridized carbons (Fsp3) is 0.377. The number of aryl methyl sites for hydroxylation is 1. The minimum absolute atomic E-state index is 0.0926. The molecule has 17 nitrogen and oxygen atoms in total. The number of benzene rings is 4. The minimum Gasteiger partial charge on any atom is -0.508 e. The number of amides is 3. The van der Waals surface area contributed by atoms with E-state index in [2.05, 4.69) is 39.5 Å². The van der Waals surface area contributed by atoms with E-state index < -0.39 is 36.0 Å². The van der Waals surface area contributed by atoms with Crippen LogP contribution < -0.4 is 24.8 Å². The number of fused-ring (bicyclic) bond motifs is 2. The smallest absolute Gasteiger partial charge is 0.405 e. The Morgan fingerprint density at radius 1 is 0.905 bits per heavy atom. The summed E-state index contributed by atoms with van der Waals surface area (Å²) in [6.45, 7) is 10.3. The number of anilines is 3. The zero-order valence-electron chi connectivity index (χ0n) is 40.8. The molecule has 0 spiro atoms. The van der Waals surface area contributed by atoms with E-state index in [1.807, 2.05) is 23.1 Å². The van der Waals surface area contributed by atoms with Crippen molar-refractivity contribution in [3.05, 3.63) is 118 Å². The third kappa shape index (κ3) is 11.2. The summed E-state index contributed by atoms with van der Waals surface area (Å²) in [4.78, 5) is 60.1. The van der Waals surface area contributed by atoms with Crippen molar-refractivity contribution in [3.8, 4) is 17.5 Å². The van der Waals surface area contributed by atoms with E-state index in [1.54, 1.807) is 22.3 Å². The van der Waals surface area contributed by atoms with E-state index in [0.717, 1.165) is 56.6 Å². The van der Waals surface area contributed by atoms with Gasteiger partial charge >= 0.3 is 12.2 Å². The van der Waals surface area contributed by atoms with Gasteiger partial charge in [-0.3, -0.25) is 35.0 Å². The summed E-state index contributed by atoms with van der Waals surface area (Å²) in [7, 11) is 0. The Morgan fingerprint density at radius 3 is 2.30 bits per heavy atom. The van der Waals surface area contributed by atoms with Crippen LogP contribution in [0.5, 0.6) is 17.5 Å². The van der Waals surface area contributed by atoms with Gasteiger partial charge in [-0.05, 0) is 92.2 Å². The Morgan fingerprint density at radius 2 is 1.61 bits per heavy atom. The maximum absolute atomic E-state index is 13.7. The van der Waals surface area contributed by atoms with Gasteiger partial charge in [0.05, 0.1) is 29.4 Å². The predicted octanol–water partition coefficient (Wildman–Crippen LogP) is 6.64. The van der Waals surface area contributed by atoms with Crippen LogP contribution in [0.25, 0.3) is 10.8 Å². The normalized spacial score (nSPS) is 16.6. The van der Waals surface area contributed by atoms with Crippen LogP contribution in [0.2, 0.25) is 5.02 Å². The molecule has 0 bridgehead atoms. The Labute approximate surface area is 430 Å². The maximum Gasteiger partial charge on any atom is 0.405 e. The van der Waals surface area contributed by atoms with Gasteiger partial charge in [-0.15, -0.1) is 0 Å². The van der Waals surface area contributed by atoms with Gasteiger partial charge in [-0.1, -0.05) is 54.6 Å². The average molecular weight is 1040 g/mol. The van der Waals surface area contributed by atoms with Gasteiger partial charge in [0.15, 0.2) is 5.84 Å². The number of hydrogen-bond acceptors (Lipinski definition) is 13. The molecule has 3 fully saturated rings. The molecular formula is C53H57ClF3N11O6. The molecule has 5 heterocycles. The summed E-state index contributed by atoms with van der Waals surface area (Å²) in [6.07, 6.45) is -1.37. The van der Waals surface area contributed by atoms with Crippen LogP contribution in [-0.2, 0) is 33.9 Å². The number of rotatable bonds is 12. The van der Waals surface area contributed by atoms with Crippen LogP contribution in [-0.4, -0.2) is 143 Å². The molecule has 0 atom stereocenters. The van der Waals surface area contributed by atoms with Gasteiger partial charge in [0.25, 0.3) is 5.91 Å². The predicted molar refractivity (Wildman–Crippen MR) is 275 cm³/mol. The van der Waals surface area contributed by atoms with E-state index in [9.17, 15) is 37.8 Å². The molecule has 388 valence electrons. The first-order valence-corrected chi connectivity index (χ1v) is 24.9. The minimum atomic E-state index is -4.74. The van der Waals surface area contributed by atoms with Crippen molar-refractivity contribution in [2.24, 2.45) is 11.8 Å². The van der Waals surface area contributed by atoms with E-state index in [-0.39, 0.29) is 52.2 Å². The molecule has 0 saturated carbocycles. The van der Waals surface area contributed by atoms with Crippen LogP contribution in [0.3, 0.4) is 0 Å². The van der Waals surface area contributed by atoms with Gasteiger partial charge in [-0.2, -0.15) is 23.1 Å². The van der Waals surface area contributed by atoms with E-state index in [4.69, 9.17) is 37.1 Å². The molecule has 0 aliphatic carbocycles. The van der Waals surface area contributed by atoms with Gasteiger partial charge in [0, 0.05) is 92.6 Å². The largest absolute Gasteiger partial charge is 0.508 e. The zero-order chi connectivity index (χ0) is 52.4. The summed E-state index contributed by atoms with van der Waals surface area (Å²) < 4.78 is 45.2. The van der Waals surface area contributed by atoms with E-state index >= 15 is 0 Å². The number of alkyl halides is 3. The Bertz CT molecular complexity index is 2990. The van der Waals surface area contributed by atoms with Crippen molar-refractivity contribution in [2.75, 3.05) is 86.8 Å². The highest BCUT2D eigenvalue weighted by Gasteiger charge is 2.37. The number of carbonyl (C=O) groups is 3. The highest BCUT2D eigenvalue weighted by molar-refractivity contribution is 6.48. The first-order valence-electron chi connectivity index (χ1n) is 24.5. The molecule has 9 rings (SSSR count). The number of aromatic hydroxyl groups is 2. The summed E-state index contributed by atoms with van der Waals surface area (Å²) in [5, 5.41) is 42.4. The second kappa shape index (κ2) is 21.6. The molecule has 0 radical (unpaired) electrons. The fourth-order valence-electron chi connectivity index (χ4n) is 10.1. The number of carbonyl (C=O) groups excluding carboxylic acids is 3. The number of halogens is 4. The van der Waals surface area contributed by atoms with E-state index in [1.165, 1.54) is 31.2 Å². The van der Waals surface area contributed by atoms with Crippen molar-refractivity contribution in [3.63, 3.8) is 0 Å². The molecule has 4 aliphatic heterocycles. The Kier molecular flexibility index (Phi) is 15.0. The number of amidine groups is 2. The van der Waals surface area contributed by atoms with Gasteiger partial charge in [-0.25, -0.2) is 0 Å². The summed E-state index contributed by atoms with van der Waals surface area (Å²) in [5.74, 6) is -2.92. The Balaban J connectivity index is 0.799. The van der Waals surface area contributed by atoms with Crippen LogP contribution in [0.1, 0.15) is 40.8 Å². The maximum atomic E-state index is 13.7. The molecule has 0 unspecified atom stereocenters. The standard InChI is InChI=1S/C53H57ClF3N11O6/c1-3-45(71)64-20-22-65(23-21-64)49-38-16-19-66(42-9-5-7-35-6-4-8-40(54)46(35)42)29-41(38)61-52(62-49)74-30-34-27-67(28-34)51(73)36-14-17-63(18-15-36)26-33-10-12-37(13-11-33)68(48(59)50(72)60-31-53(55,56)57)47(58)39-24-32(2)43(69)25-44(39)70/h3-13,24-25,34,36,58-59,69-70H,1,14-23,26-31H2,2H3,(H,60,72). The van der Waals surface area contributed by atoms with Crippen molar-refractivity contribution >= 4 is 69.0 Å². The lowest BCUT2D eigenvalue weighted by molar-refractivity contribution is -0.144. The average Bonchev–Trinajstić information content (AvgIpc) is 3.38. The second-order valence-corrected chi connectivity index (χ2v) is 19.6. The quantitative estimate of drug-likeness (QED) is 0.0507. The number of piperidine rings is 1. The monoisotopic (exact) mass is 1040 g/mol. The molecule has 74 heavy (non-hydrogen) atoms. The molecular weight excluding hydrogens is 979 g/mol. The van der Waals surface area contributed by atoms with Crippen LogP contribution in [0, 0.1) is 29.6 Å². The highest BCUT2D eigenvalue weighted by atomic mass is 35.5. The third-order valence-electron chi connectivity index (χ3n) is 14.2. The molecule has 3 amide bonds. The molecule has 5 N–H and O–H groups in total. The molecule has 4 aliphatic rings. The third-order valence-corrected chi connectivity index (χ3v) is 14.5. The van der Waals surface area contributed by atoms with Crippen molar-refractivity contribution < 1.29 is 42.5 Å².